The Hall–Kier alpha value is -1.45. The molecule has 0 spiro atoms. The molecule has 5 heteroatoms. The molecule has 0 fully saturated rings. The van der Waals surface area contributed by atoms with Crippen LogP contribution in [0.15, 0.2) is 41.2 Å². The number of furan rings is 1. The molecule has 0 aliphatic carbocycles. The highest BCUT2D eigenvalue weighted by Crippen LogP contribution is 2.27. The van der Waals surface area contributed by atoms with E-state index < -0.39 is 0 Å². The third-order valence-corrected chi connectivity index (χ3v) is 3.45. The number of hydrogen-bond donors (Lipinski definition) is 0. The van der Waals surface area contributed by atoms with E-state index in [4.69, 9.17) is 27.6 Å². The van der Waals surface area contributed by atoms with Gasteiger partial charge in [0.1, 0.15) is 5.82 Å². The first-order valence-corrected chi connectivity index (χ1v) is 6.77. The maximum absolute atomic E-state index is 6.22. The van der Waals surface area contributed by atoms with Crippen molar-refractivity contribution in [1.29, 1.82) is 0 Å². The van der Waals surface area contributed by atoms with Gasteiger partial charge in [0.15, 0.2) is 0 Å². The maximum Gasteiger partial charge on any atom is 0.128 e. The van der Waals surface area contributed by atoms with Crippen LogP contribution in [0.5, 0.6) is 0 Å². The van der Waals surface area contributed by atoms with Crippen LogP contribution in [0.4, 0.5) is 0 Å². The first-order valence-electron chi connectivity index (χ1n) is 5.96. The molecule has 1 atom stereocenters. The van der Waals surface area contributed by atoms with Gasteiger partial charge in [0, 0.05) is 10.6 Å². The zero-order chi connectivity index (χ0) is 13.4. The van der Waals surface area contributed by atoms with Crippen molar-refractivity contribution in [2.45, 2.75) is 18.8 Å². The van der Waals surface area contributed by atoms with Crippen LogP contribution in [0.3, 0.4) is 0 Å². The van der Waals surface area contributed by atoms with Crippen molar-refractivity contribution in [1.82, 2.24) is 9.55 Å². The maximum atomic E-state index is 6.22. The van der Waals surface area contributed by atoms with Crippen molar-refractivity contribution in [3.05, 3.63) is 53.2 Å². The number of hydrogen-bond acceptors (Lipinski definition) is 2. The van der Waals surface area contributed by atoms with Gasteiger partial charge in [-0.05, 0) is 31.2 Å². The highest BCUT2D eigenvalue weighted by Gasteiger charge is 2.15. The topological polar surface area (TPSA) is 31.0 Å². The Bertz CT molecular complexity index is 702. The van der Waals surface area contributed by atoms with E-state index in [0.717, 1.165) is 22.4 Å². The lowest BCUT2D eigenvalue weighted by molar-refractivity contribution is 0.562. The molecule has 2 heterocycles. The first-order chi connectivity index (χ1) is 9.15. The molecule has 3 rings (SSSR count). The van der Waals surface area contributed by atoms with Crippen LogP contribution in [0.1, 0.15) is 23.7 Å². The molecule has 3 nitrogen and oxygen atoms in total. The van der Waals surface area contributed by atoms with Crippen molar-refractivity contribution in [2.24, 2.45) is 0 Å². The first kappa shape index (κ1) is 12.6. The summed E-state index contributed by atoms with van der Waals surface area (Å²) in [6, 6.07) is 7.61. The van der Waals surface area contributed by atoms with Crippen molar-refractivity contribution in [3.63, 3.8) is 0 Å². The van der Waals surface area contributed by atoms with E-state index >= 15 is 0 Å². The molecule has 3 aromatic rings. The molecular weight excluding hydrogens is 283 g/mol. The SMILES string of the molecule is CC(Cl)c1nc2cc(Cl)ccc2n1Cc1ccoc1. The van der Waals surface area contributed by atoms with Gasteiger partial charge in [-0.3, -0.25) is 0 Å². The molecular formula is C14H12Cl2N2O. The average molecular weight is 295 g/mol. The second-order valence-electron chi connectivity index (χ2n) is 4.44. The Labute approximate surface area is 120 Å². The molecule has 0 amide bonds. The number of nitrogens with zero attached hydrogens (tertiary/aromatic N) is 2. The summed E-state index contributed by atoms with van der Waals surface area (Å²) in [6.07, 6.45) is 3.39. The third-order valence-electron chi connectivity index (χ3n) is 3.02. The fraction of sp³-hybridized carbons (Fsp3) is 0.214. The average Bonchev–Trinajstić information content (AvgIpc) is 2.97. The Balaban J connectivity index is 2.16. The summed E-state index contributed by atoms with van der Waals surface area (Å²) in [5, 5.41) is 0.507. The monoisotopic (exact) mass is 294 g/mol. The lowest BCUT2D eigenvalue weighted by Gasteiger charge is -2.09. The van der Waals surface area contributed by atoms with Crippen LogP contribution >= 0.6 is 23.2 Å². The van der Waals surface area contributed by atoms with E-state index in [0.29, 0.717) is 11.6 Å². The Kier molecular flexibility index (Phi) is 3.25. The number of fused-ring (bicyclic) bond motifs is 1. The largest absolute Gasteiger partial charge is 0.472 e. The van der Waals surface area contributed by atoms with Gasteiger partial charge >= 0.3 is 0 Å². The molecule has 0 radical (unpaired) electrons. The van der Waals surface area contributed by atoms with Crippen molar-refractivity contribution in [3.8, 4) is 0 Å². The van der Waals surface area contributed by atoms with E-state index in [1.165, 1.54) is 0 Å². The fourth-order valence-electron chi connectivity index (χ4n) is 2.16. The molecule has 98 valence electrons. The Morgan fingerprint density at radius 1 is 1.37 bits per heavy atom. The number of halogens is 2. The van der Waals surface area contributed by atoms with Crippen LogP contribution in [0.25, 0.3) is 11.0 Å². The van der Waals surface area contributed by atoms with Gasteiger partial charge in [-0.25, -0.2) is 4.98 Å². The van der Waals surface area contributed by atoms with Gasteiger partial charge in [0.25, 0.3) is 0 Å². The highest BCUT2D eigenvalue weighted by molar-refractivity contribution is 6.31. The molecule has 0 saturated heterocycles. The fourth-order valence-corrected chi connectivity index (χ4v) is 2.49. The lowest BCUT2D eigenvalue weighted by Crippen LogP contribution is -2.05. The van der Waals surface area contributed by atoms with Crippen LogP contribution in [0, 0.1) is 0 Å². The van der Waals surface area contributed by atoms with E-state index in [-0.39, 0.29) is 5.38 Å². The second kappa shape index (κ2) is 4.91. The van der Waals surface area contributed by atoms with E-state index in [1.807, 2.05) is 31.2 Å². The molecule has 1 unspecified atom stereocenters. The minimum Gasteiger partial charge on any atom is -0.472 e. The number of alkyl halides is 1. The molecule has 0 bridgehead atoms. The molecule has 0 N–H and O–H groups in total. The van der Waals surface area contributed by atoms with Gasteiger partial charge in [-0.2, -0.15) is 0 Å². The summed E-state index contributed by atoms with van der Waals surface area (Å²) in [7, 11) is 0. The normalized spacial score (nSPS) is 13.0. The quantitative estimate of drug-likeness (QED) is 0.659. The van der Waals surface area contributed by atoms with Crippen LogP contribution in [-0.4, -0.2) is 9.55 Å². The molecule has 0 aliphatic rings. The van der Waals surface area contributed by atoms with E-state index in [2.05, 4.69) is 9.55 Å². The molecule has 2 aromatic heterocycles. The molecule has 0 aliphatic heterocycles. The van der Waals surface area contributed by atoms with Crippen molar-refractivity contribution >= 4 is 34.2 Å². The van der Waals surface area contributed by atoms with E-state index in [9.17, 15) is 0 Å². The predicted octanol–water partition coefficient (Wildman–Crippen LogP) is 4.63. The van der Waals surface area contributed by atoms with Gasteiger partial charge in [0.2, 0.25) is 0 Å². The van der Waals surface area contributed by atoms with Crippen LogP contribution in [-0.2, 0) is 6.54 Å². The van der Waals surface area contributed by atoms with Gasteiger partial charge in [-0.15, -0.1) is 11.6 Å². The minimum atomic E-state index is -0.168. The molecule has 19 heavy (non-hydrogen) atoms. The Morgan fingerprint density at radius 3 is 2.89 bits per heavy atom. The summed E-state index contributed by atoms with van der Waals surface area (Å²) >= 11 is 12.2. The molecule has 0 saturated carbocycles. The smallest absolute Gasteiger partial charge is 0.128 e. The zero-order valence-electron chi connectivity index (χ0n) is 10.3. The number of rotatable bonds is 3. The van der Waals surface area contributed by atoms with Crippen molar-refractivity contribution in [2.75, 3.05) is 0 Å². The van der Waals surface area contributed by atoms with Gasteiger partial charge in [-0.1, -0.05) is 11.6 Å². The Morgan fingerprint density at radius 2 is 2.21 bits per heavy atom. The highest BCUT2D eigenvalue weighted by atomic mass is 35.5. The third kappa shape index (κ3) is 2.36. The summed E-state index contributed by atoms with van der Waals surface area (Å²) in [6.45, 7) is 2.59. The van der Waals surface area contributed by atoms with Crippen LogP contribution < -0.4 is 0 Å². The molecule has 1 aromatic carbocycles. The summed E-state index contributed by atoms with van der Waals surface area (Å²) in [4.78, 5) is 4.57. The number of benzene rings is 1. The lowest BCUT2D eigenvalue weighted by atomic mass is 10.3. The van der Waals surface area contributed by atoms with Gasteiger partial charge in [0.05, 0.1) is 35.5 Å². The zero-order valence-corrected chi connectivity index (χ0v) is 11.8. The van der Waals surface area contributed by atoms with Gasteiger partial charge < -0.3 is 8.98 Å². The summed E-state index contributed by atoms with van der Waals surface area (Å²) in [5.41, 5.74) is 2.96. The summed E-state index contributed by atoms with van der Waals surface area (Å²) in [5.74, 6) is 0.833. The number of aromatic nitrogens is 2. The van der Waals surface area contributed by atoms with Crippen molar-refractivity contribution < 1.29 is 4.42 Å². The van der Waals surface area contributed by atoms with Crippen LogP contribution in [0.2, 0.25) is 5.02 Å². The predicted molar refractivity (Wildman–Crippen MR) is 76.8 cm³/mol. The second-order valence-corrected chi connectivity index (χ2v) is 5.53. The minimum absolute atomic E-state index is 0.168. The summed E-state index contributed by atoms with van der Waals surface area (Å²) < 4.78 is 7.20. The number of imidazole rings is 1. The standard InChI is InChI=1S/C14H12Cl2N2O/c1-9(15)14-17-12-6-11(16)2-3-13(12)18(14)7-10-4-5-19-8-10/h2-6,8-9H,7H2,1H3. The van der Waals surface area contributed by atoms with E-state index in [1.54, 1.807) is 12.5 Å².